The maximum atomic E-state index is 12.2. The molecule has 1 amide bonds. The molecule has 18 heavy (non-hydrogen) atoms. The summed E-state index contributed by atoms with van der Waals surface area (Å²) in [6, 6.07) is 0.824. The Kier molecular flexibility index (Phi) is 3.55. The summed E-state index contributed by atoms with van der Waals surface area (Å²) in [5, 5.41) is 8.99. The van der Waals surface area contributed by atoms with E-state index in [-0.39, 0.29) is 6.04 Å². The van der Waals surface area contributed by atoms with E-state index in [0.717, 1.165) is 0 Å². The quantitative estimate of drug-likeness (QED) is 0.814. The Morgan fingerprint density at radius 2 is 2.28 bits per heavy atom. The van der Waals surface area contributed by atoms with Gasteiger partial charge in [0.25, 0.3) is 0 Å². The van der Waals surface area contributed by atoms with Crippen LogP contribution in [0, 0.1) is 0 Å². The molecule has 0 aromatic carbocycles. The predicted octanol–water partition coefficient (Wildman–Crippen LogP) is 0.465. The van der Waals surface area contributed by atoms with Crippen molar-refractivity contribution in [2.24, 2.45) is 0 Å². The van der Waals surface area contributed by atoms with Crippen LogP contribution in [-0.2, 0) is 4.79 Å². The monoisotopic (exact) mass is 262 g/mol. The van der Waals surface area contributed by atoms with Gasteiger partial charge in [0.1, 0.15) is 0 Å². The molecule has 1 fully saturated rings. The van der Waals surface area contributed by atoms with Crippen LogP contribution in [0.5, 0.6) is 0 Å². The summed E-state index contributed by atoms with van der Waals surface area (Å²) in [7, 11) is 0. The molecule has 2 heterocycles. The van der Waals surface area contributed by atoms with Crippen LogP contribution < -0.4 is 10.6 Å². The Morgan fingerprint density at radius 1 is 1.50 bits per heavy atom. The van der Waals surface area contributed by atoms with Crippen molar-refractivity contribution in [3.8, 4) is 0 Å². The highest BCUT2D eigenvalue weighted by Gasteiger charge is 2.41. The summed E-state index contributed by atoms with van der Waals surface area (Å²) in [5.74, 6) is -1.91. The zero-order valence-corrected chi connectivity index (χ0v) is 9.44. The molecule has 0 radical (unpaired) electrons. The van der Waals surface area contributed by atoms with Crippen LogP contribution in [0.1, 0.15) is 12.5 Å². The number of rotatable bonds is 2. The lowest BCUT2D eigenvalue weighted by Gasteiger charge is -2.33. The van der Waals surface area contributed by atoms with Crippen LogP contribution in [0.2, 0.25) is 0 Å². The first-order valence-electron chi connectivity index (χ1n) is 5.56. The predicted molar refractivity (Wildman–Crippen MR) is 56.7 cm³/mol. The number of aromatic nitrogens is 2. The lowest BCUT2D eigenvalue weighted by molar-refractivity contribution is -0.174. The molecule has 0 bridgehead atoms. The van der Waals surface area contributed by atoms with Gasteiger partial charge in [0.05, 0.1) is 12.1 Å². The van der Waals surface area contributed by atoms with Gasteiger partial charge in [-0.05, 0) is 19.0 Å². The third-order valence-electron chi connectivity index (χ3n) is 2.88. The van der Waals surface area contributed by atoms with Crippen LogP contribution in [0.15, 0.2) is 18.5 Å². The first-order chi connectivity index (χ1) is 8.48. The van der Waals surface area contributed by atoms with E-state index in [9.17, 15) is 18.0 Å². The zero-order valence-electron chi connectivity index (χ0n) is 9.44. The van der Waals surface area contributed by atoms with Crippen molar-refractivity contribution in [1.82, 2.24) is 20.4 Å². The summed E-state index contributed by atoms with van der Waals surface area (Å²) >= 11 is 0. The van der Waals surface area contributed by atoms with Gasteiger partial charge in [0.2, 0.25) is 0 Å². The van der Waals surface area contributed by atoms with E-state index < -0.39 is 18.1 Å². The molecule has 1 aromatic rings. The lowest BCUT2D eigenvalue weighted by Crippen LogP contribution is -2.54. The molecule has 0 saturated carbocycles. The van der Waals surface area contributed by atoms with Crippen LogP contribution in [-0.4, -0.2) is 41.0 Å². The molecule has 2 N–H and O–H groups in total. The second-order valence-electron chi connectivity index (χ2n) is 4.12. The maximum Gasteiger partial charge on any atom is 0.471 e. The van der Waals surface area contributed by atoms with Crippen LogP contribution in [0.25, 0.3) is 0 Å². The average Bonchev–Trinajstić information content (AvgIpc) is 2.82. The molecular weight excluding hydrogens is 249 g/mol. The first-order valence-corrected chi connectivity index (χ1v) is 5.56. The molecule has 1 aromatic heterocycles. The molecule has 2 unspecified atom stereocenters. The fraction of sp³-hybridized carbons (Fsp3) is 0.600. The zero-order chi connectivity index (χ0) is 13.2. The van der Waals surface area contributed by atoms with Crippen molar-refractivity contribution in [2.45, 2.75) is 24.7 Å². The molecule has 0 aliphatic carbocycles. The highest BCUT2D eigenvalue weighted by Crippen LogP contribution is 2.20. The van der Waals surface area contributed by atoms with Crippen LogP contribution in [0.3, 0.4) is 0 Å². The van der Waals surface area contributed by atoms with E-state index in [1.54, 1.807) is 23.1 Å². The Bertz CT molecular complexity index is 404. The minimum absolute atomic E-state index is 0.257. The van der Waals surface area contributed by atoms with Crippen molar-refractivity contribution in [3.63, 3.8) is 0 Å². The summed E-state index contributed by atoms with van der Waals surface area (Å²) in [6.07, 6.45) is -0.996. The molecular formula is C10H13F3N4O. The molecule has 1 aliphatic rings. The van der Waals surface area contributed by atoms with Gasteiger partial charge in [-0.2, -0.15) is 18.3 Å². The summed E-state index contributed by atoms with van der Waals surface area (Å²) in [4.78, 5) is 11.0. The Labute approximate surface area is 101 Å². The molecule has 2 rings (SSSR count). The van der Waals surface area contributed by atoms with Crippen molar-refractivity contribution < 1.29 is 18.0 Å². The Balaban J connectivity index is 2.07. The van der Waals surface area contributed by atoms with E-state index in [4.69, 9.17) is 0 Å². The lowest BCUT2D eigenvalue weighted by atomic mass is 10.0. The summed E-state index contributed by atoms with van der Waals surface area (Å²) < 4.78 is 38.2. The Hall–Kier alpha value is -1.57. The SMILES string of the molecule is O=C(NC1CNCCC1n1cccn1)C(F)(F)F. The maximum absolute atomic E-state index is 12.2. The van der Waals surface area contributed by atoms with E-state index in [1.807, 2.05) is 5.32 Å². The highest BCUT2D eigenvalue weighted by atomic mass is 19.4. The number of hydrogen-bond acceptors (Lipinski definition) is 3. The van der Waals surface area contributed by atoms with Crippen molar-refractivity contribution in [2.75, 3.05) is 13.1 Å². The number of carbonyl (C=O) groups is 1. The van der Waals surface area contributed by atoms with Gasteiger partial charge in [-0.1, -0.05) is 0 Å². The number of halogens is 3. The van der Waals surface area contributed by atoms with Gasteiger partial charge < -0.3 is 10.6 Å². The summed E-state index contributed by atoms with van der Waals surface area (Å²) in [6.45, 7) is 0.981. The minimum atomic E-state index is -4.86. The van der Waals surface area contributed by atoms with Crippen molar-refractivity contribution >= 4 is 5.91 Å². The second-order valence-corrected chi connectivity index (χ2v) is 4.12. The number of nitrogens with one attached hydrogen (secondary N) is 2. The van der Waals surface area contributed by atoms with Gasteiger partial charge >= 0.3 is 12.1 Å². The van der Waals surface area contributed by atoms with E-state index in [1.165, 1.54) is 0 Å². The smallest absolute Gasteiger partial charge is 0.342 e. The molecule has 2 atom stereocenters. The van der Waals surface area contributed by atoms with Crippen LogP contribution in [0.4, 0.5) is 13.2 Å². The van der Waals surface area contributed by atoms with Gasteiger partial charge in [-0.15, -0.1) is 0 Å². The number of alkyl halides is 3. The molecule has 1 aliphatic heterocycles. The van der Waals surface area contributed by atoms with E-state index in [2.05, 4.69) is 10.4 Å². The Morgan fingerprint density at radius 3 is 2.89 bits per heavy atom. The van der Waals surface area contributed by atoms with Gasteiger partial charge in [-0.25, -0.2) is 0 Å². The molecule has 0 spiro atoms. The number of piperidine rings is 1. The standard InChI is InChI=1S/C10H13F3N4O/c11-10(12,13)9(18)16-7-6-14-4-2-8(7)17-5-1-3-15-17/h1,3,5,7-8,14H,2,4,6H2,(H,16,18). The summed E-state index contributed by atoms with van der Waals surface area (Å²) in [5.41, 5.74) is 0. The minimum Gasteiger partial charge on any atom is -0.342 e. The first kappa shape index (κ1) is 12.9. The fourth-order valence-corrected chi connectivity index (χ4v) is 2.04. The number of nitrogens with zero attached hydrogens (tertiary/aromatic N) is 2. The van der Waals surface area contributed by atoms with E-state index in [0.29, 0.717) is 19.5 Å². The number of carbonyl (C=O) groups excluding carboxylic acids is 1. The number of hydrogen-bond donors (Lipinski definition) is 2. The van der Waals surface area contributed by atoms with Gasteiger partial charge in [-0.3, -0.25) is 9.48 Å². The molecule has 5 nitrogen and oxygen atoms in total. The largest absolute Gasteiger partial charge is 0.471 e. The van der Waals surface area contributed by atoms with E-state index >= 15 is 0 Å². The third-order valence-corrected chi connectivity index (χ3v) is 2.88. The fourth-order valence-electron chi connectivity index (χ4n) is 2.04. The van der Waals surface area contributed by atoms with Gasteiger partial charge in [0, 0.05) is 18.9 Å². The second kappa shape index (κ2) is 4.97. The molecule has 1 saturated heterocycles. The van der Waals surface area contributed by atoms with Crippen LogP contribution >= 0.6 is 0 Å². The van der Waals surface area contributed by atoms with Crippen molar-refractivity contribution in [1.29, 1.82) is 0 Å². The highest BCUT2D eigenvalue weighted by molar-refractivity contribution is 5.82. The van der Waals surface area contributed by atoms with Gasteiger partial charge in [0.15, 0.2) is 0 Å². The third kappa shape index (κ3) is 2.81. The molecule has 100 valence electrons. The topological polar surface area (TPSA) is 59.0 Å². The van der Waals surface area contributed by atoms with Crippen molar-refractivity contribution in [3.05, 3.63) is 18.5 Å². The normalized spacial score (nSPS) is 24.8. The average molecular weight is 262 g/mol. The number of amides is 1. The molecule has 8 heteroatoms.